The largest absolute Gasteiger partial charge is 0.484 e. The second kappa shape index (κ2) is 11.8. The van der Waals surface area contributed by atoms with Gasteiger partial charge >= 0.3 is 0 Å². The topological polar surface area (TPSA) is 44.8 Å². The standard InChI is InChI=1S/C28H30BrN3O2S/c1-20-16-24(29)17-21(2)27(20)30-26(33)19-34-25-10-8-23(9-11-25)28(35)32-14-12-31(13-15-32)18-22-6-4-3-5-7-22/h3-11,16-17H,12-15,18-19H2,1-2H3,(H,30,33). The van der Waals surface area contributed by atoms with Gasteiger partial charge in [0.2, 0.25) is 0 Å². The number of ether oxygens (including phenoxy) is 1. The summed E-state index contributed by atoms with van der Waals surface area (Å²) in [6.07, 6.45) is 0. The first kappa shape index (κ1) is 25.4. The smallest absolute Gasteiger partial charge is 0.262 e. The number of hydrogen-bond donors (Lipinski definition) is 1. The number of amides is 1. The van der Waals surface area contributed by atoms with E-state index in [0.717, 1.165) is 64.6 Å². The summed E-state index contributed by atoms with van der Waals surface area (Å²) in [5, 5.41) is 2.95. The second-order valence-electron chi connectivity index (χ2n) is 8.83. The van der Waals surface area contributed by atoms with Crippen LogP contribution >= 0.6 is 28.1 Å². The molecule has 0 saturated carbocycles. The zero-order valence-electron chi connectivity index (χ0n) is 20.1. The minimum atomic E-state index is -0.188. The van der Waals surface area contributed by atoms with Crippen LogP contribution in [-0.2, 0) is 11.3 Å². The van der Waals surface area contributed by atoms with Gasteiger partial charge in [0.05, 0.1) is 0 Å². The van der Waals surface area contributed by atoms with Gasteiger partial charge in [0.1, 0.15) is 10.7 Å². The van der Waals surface area contributed by atoms with E-state index in [1.54, 1.807) is 0 Å². The Bertz CT molecular complexity index is 1150. The number of nitrogens with one attached hydrogen (secondary N) is 1. The number of carbonyl (C=O) groups excluding carboxylic acids is 1. The fourth-order valence-electron chi connectivity index (χ4n) is 4.26. The molecule has 1 aliphatic heterocycles. The minimum absolute atomic E-state index is 0.0535. The van der Waals surface area contributed by atoms with Crippen LogP contribution in [0.25, 0.3) is 0 Å². The van der Waals surface area contributed by atoms with E-state index in [9.17, 15) is 4.79 Å². The molecule has 1 N–H and O–H groups in total. The first-order valence-corrected chi connectivity index (χ1v) is 12.9. The van der Waals surface area contributed by atoms with Crippen molar-refractivity contribution in [2.75, 3.05) is 38.1 Å². The van der Waals surface area contributed by atoms with Crippen LogP contribution in [0.5, 0.6) is 5.75 Å². The van der Waals surface area contributed by atoms with Crippen LogP contribution in [0.4, 0.5) is 5.69 Å². The van der Waals surface area contributed by atoms with Crippen LogP contribution in [0.15, 0.2) is 71.2 Å². The van der Waals surface area contributed by atoms with Crippen molar-refractivity contribution in [1.82, 2.24) is 9.80 Å². The Hall–Kier alpha value is -2.74. The molecule has 5 nitrogen and oxygen atoms in total. The number of aryl methyl sites for hydroxylation is 2. The molecule has 3 aromatic rings. The van der Waals surface area contributed by atoms with Gasteiger partial charge in [-0.15, -0.1) is 0 Å². The minimum Gasteiger partial charge on any atom is -0.484 e. The predicted molar refractivity (Wildman–Crippen MR) is 149 cm³/mol. The highest BCUT2D eigenvalue weighted by atomic mass is 79.9. The molecule has 1 heterocycles. The summed E-state index contributed by atoms with van der Waals surface area (Å²) < 4.78 is 6.70. The Morgan fingerprint density at radius 1 is 0.971 bits per heavy atom. The third-order valence-corrected chi connectivity index (χ3v) is 7.09. The van der Waals surface area contributed by atoms with E-state index in [4.69, 9.17) is 17.0 Å². The lowest BCUT2D eigenvalue weighted by atomic mass is 10.1. The molecule has 0 atom stereocenters. The molecule has 0 aliphatic carbocycles. The van der Waals surface area contributed by atoms with Crippen LogP contribution in [0, 0.1) is 13.8 Å². The molecule has 4 rings (SSSR count). The summed E-state index contributed by atoms with van der Waals surface area (Å²) in [5.74, 6) is 0.454. The van der Waals surface area contributed by atoms with Crippen molar-refractivity contribution in [1.29, 1.82) is 0 Å². The van der Waals surface area contributed by atoms with Crippen LogP contribution in [0.1, 0.15) is 22.3 Å². The fourth-order valence-corrected chi connectivity index (χ4v) is 5.26. The third kappa shape index (κ3) is 6.90. The van der Waals surface area contributed by atoms with E-state index in [0.29, 0.717) is 5.75 Å². The van der Waals surface area contributed by atoms with Crippen LogP contribution in [0.3, 0.4) is 0 Å². The average molecular weight is 553 g/mol. The zero-order chi connectivity index (χ0) is 24.8. The number of carbonyl (C=O) groups is 1. The summed E-state index contributed by atoms with van der Waals surface area (Å²) in [6.45, 7) is 8.67. The van der Waals surface area contributed by atoms with Gasteiger partial charge in [-0.1, -0.05) is 58.5 Å². The Morgan fingerprint density at radius 2 is 1.60 bits per heavy atom. The van der Waals surface area contributed by atoms with Crippen molar-refractivity contribution in [3.05, 3.63) is 93.5 Å². The maximum absolute atomic E-state index is 12.4. The summed E-state index contributed by atoms with van der Waals surface area (Å²) in [7, 11) is 0. The van der Waals surface area contributed by atoms with Crippen molar-refractivity contribution in [2.24, 2.45) is 0 Å². The monoisotopic (exact) mass is 551 g/mol. The van der Waals surface area contributed by atoms with E-state index in [1.807, 2.05) is 50.2 Å². The molecule has 0 aromatic heterocycles. The number of nitrogens with zero attached hydrogens (tertiary/aromatic N) is 2. The first-order valence-electron chi connectivity index (χ1n) is 11.7. The van der Waals surface area contributed by atoms with E-state index >= 15 is 0 Å². The Labute approximate surface area is 221 Å². The SMILES string of the molecule is Cc1cc(Br)cc(C)c1NC(=O)COc1ccc(C(=S)N2CCN(Cc3ccccc3)CC2)cc1. The van der Waals surface area contributed by atoms with Crippen molar-refractivity contribution < 1.29 is 9.53 Å². The zero-order valence-corrected chi connectivity index (χ0v) is 22.5. The molecule has 1 saturated heterocycles. The predicted octanol–water partition coefficient (Wildman–Crippen LogP) is 5.58. The molecule has 7 heteroatoms. The van der Waals surface area contributed by atoms with Gasteiger partial charge in [-0.2, -0.15) is 0 Å². The van der Waals surface area contributed by atoms with Crippen molar-refractivity contribution >= 4 is 44.7 Å². The van der Waals surface area contributed by atoms with Crippen molar-refractivity contribution in [3.63, 3.8) is 0 Å². The summed E-state index contributed by atoms with van der Waals surface area (Å²) in [6, 6.07) is 22.2. The number of anilines is 1. The Morgan fingerprint density at radius 3 is 2.23 bits per heavy atom. The molecular weight excluding hydrogens is 522 g/mol. The molecule has 0 radical (unpaired) electrons. The van der Waals surface area contributed by atoms with Crippen LogP contribution < -0.4 is 10.1 Å². The molecule has 0 bridgehead atoms. The maximum atomic E-state index is 12.4. The summed E-state index contributed by atoms with van der Waals surface area (Å²) >= 11 is 9.24. The average Bonchev–Trinajstić information content (AvgIpc) is 2.86. The maximum Gasteiger partial charge on any atom is 0.262 e. The lowest BCUT2D eigenvalue weighted by Crippen LogP contribution is -2.47. The van der Waals surface area contributed by atoms with Gasteiger partial charge in [-0.3, -0.25) is 9.69 Å². The lowest BCUT2D eigenvalue weighted by Gasteiger charge is -2.36. The molecule has 0 spiro atoms. The number of thiocarbonyl (C=S) groups is 1. The lowest BCUT2D eigenvalue weighted by molar-refractivity contribution is -0.118. The van der Waals surface area contributed by atoms with E-state index in [2.05, 4.69) is 61.4 Å². The second-order valence-corrected chi connectivity index (χ2v) is 10.1. The summed E-state index contributed by atoms with van der Waals surface area (Å²) in [5.41, 5.74) is 5.17. The van der Waals surface area contributed by atoms with Crippen LogP contribution in [-0.4, -0.2) is 53.5 Å². The number of halogens is 1. The number of benzene rings is 3. The fraction of sp³-hybridized carbons (Fsp3) is 0.286. The third-order valence-electron chi connectivity index (χ3n) is 6.14. The molecule has 0 unspecified atom stereocenters. The highest BCUT2D eigenvalue weighted by Gasteiger charge is 2.20. The quantitative estimate of drug-likeness (QED) is 0.388. The van der Waals surface area contributed by atoms with Gasteiger partial charge < -0.3 is 15.0 Å². The van der Waals surface area contributed by atoms with Gasteiger partial charge in [0, 0.05) is 48.4 Å². The van der Waals surface area contributed by atoms with Gasteiger partial charge in [0.25, 0.3) is 5.91 Å². The van der Waals surface area contributed by atoms with Gasteiger partial charge in [-0.05, 0) is 66.9 Å². The highest BCUT2D eigenvalue weighted by molar-refractivity contribution is 9.10. The van der Waals surface area contributed by atoms with Gasteiger partial charge in [-0.25, -0.2) is 0 Å². The van der Waals surface area contributed by atoms with Gasteiger partial charge in [0.15, 0.2) is 6.61 Å². The summed E-state index contributed by atoms with van der Waals surface area (Å²) in [4.78, 5) is 18.0. The Kier molecular flexibility index (Phi) is 8.55. The van der Waals surface area contributed by atoms with E-state index in [1.165, 1.54) is 5.56 Å². The molecule has 182 valence electrons. The first-order chi connectivity index (χ1) is 16.9. The molecule has 3 aromatic carbocycles. The Balaban J connectivity index is 1.25. The molecule has 35 heavy (non-hydrogen) atoms. The van der Waals surface area contributed by atoms with E-state index < -0.39 is 0 Å². The number of hydrogen-bond acceptors (Lipinski definition) is 4. The molecule has 1 aliphatic rings. The number of piperazine rings is 1. The van der Waals surface area contributed by atoms with Crippen molar-refractivity contribution in [2.45, 2.75) is 20.4 Å². The van der Waals surface area contributed by atoms with Crippen LogP contribution in [0.2, 0.25) is 0 Å². The van der Waals surface area contributed by atoms with E-state index in [-0.39, 0.29) is 12.5 Å². The highest BCUT2D eigenvalue weighted by Crippen LogP contribution is 2.25. The molecule has 1 fully saturated rings. The molecular formula is C28H30BrN3O2S. The van der Waals surface area contributed by atoms with Crippen molar-refractivity contribution in [3.8, 4) is 5.75 Å². The molecule has 1 amide bonds. The number of rotatable bonds is 7. The normalized spacial score (nSPS) is 14.0.